The van der Waals surface area contributed by atoms with Crippen LogP contribution in [0.3, 0.4) is 0 Å². The Morgan fingerprint density at radius 3 is 2.44 bits per heavy atom. The van der Waals surface area contributed by atoms with Gasteiger partial charge in [-0.25, -0.2) is 4.98 Å². The molecule has 0 aromatic carbocycles. The predicted octanol–water partition coefficient (Wildman–Crippen LogP) is 0.827. The lowest BCUT2D eigenvalue weighted by Crippen LogP contribution is -1.95. The van der Waals surface area contributed by atoms with Crippen molar-refractivity contribution in [2.75, 3.05) is 12.4 Å². The fourth-order valence-electron chi connectivity index (χ4n) is 0.653. The minimum Gasteiger partial charge on any atom is -0.372 e. The first-order chi connectivity index (χ1) is 4.34. The lowest BCUT2D eigenvalue weighted by molar-refractivity contribution is 1.11. The average Bonchev–Trinajstić information content (AvgIpc) is 1.89. The van der Waals surface area contributed by atoms with E-state index in [2.05, 4.69) is 15.3 Å². The molecule has 1 aromatic rings. The van der Waals surface area contributed by atoms with Crippen LogP contribution in [0.1, 0.15) is 5.69 Å². The van der Waals surface area contributed by atoms with E-state index in [-0.39, 0.29) is 0 Å². The highest BCUT2D eigenvalue weighted by molar-refractivity contribution is 5.36. The Labute approximate surface area is 54.2 Å². The predicted molar refractivity (Wildman–Crippen MR) is 36.3 cm³/mol. The summed E-state index contributed by atoms with van der Waals surface area (Å²) in [6.07, 6.45) is 3.34. The van der Waals surface area contributed by atoms with Gasteiger partial charge in [-0.1, -0.05) is 0 Å². The van der Waals surface area contributed by atoms with Gasteiger partial charge in [0.25, 0.3) is 0 Å². The summed E-state index contributed by atoms with van der Waals surface area (Å²) in [6, 6.07) is 0. The second kappa shape index (κ2) is 2.44. The number of rotatable bonds is 1. The summed E-state index contributed by atoms with van der Waals surface area (Å²) >= 11 is 0. The van der Waals surface area contributed by atoms with Crippen LogP contribution in [0.15, 0.2) is 12.4 Å². The van der Waals surface area contributed by atoms with Gasteiger partial charge in [0.05, 0.1) is 5.69 Å². The van der Waals surface area contributed by atoms with Crippen LogP contribution in [0.2, 0.25) is 0 Å². The van der Waals surface area contributed by atoms with Crippen molar-refractivity contribution in [3.63, 3.8) is 0 Å². The molecule has 48 valence electrons. The summed E-state index contributed by atoms with van der Waals surface area (Å²) in [7, 11) is 1.83. The van der Waals surface area contributed by atoms with Gasteiger partial charge in [0.1, 0.15) is 5.82 Å². The van der Waals surface area contributed by atoms with Crippen molar-refractivity contribution < 1.29 is 0 Å². The van der Waals surface area contributed by atoms with E-state index in [0.717, 1.165) is 11.5 Å². The maximum Gasteiger partial charge on any atom is 0.147 e. The number of nitrogens with zero attached hydrogens (tertiary/aromatic N) is 2. The quantitative estimate of drug-likeness (QED) is 0.601. The third-order valence-corrected chi connectivity index (χ3v) is 1.12. The average molecular weight is 123 g/mol. The zero-order valence-electron chi connectivity index (χ0n) is 5.55. The van der Waals surface area contributed by atoms with E-state index in [1.165, 1.54) is 0 Å². The summed E-state index contributed by atoms with van der Waals surface area (Å²) in [5.74, 6) is 0.845. The number of anilines is 1. The van der Waals surface area contributed by atoms with E-state index in [9.17, 15) is 0 Å². The van der Waals surface area contributed by atoms with Crippen molar-refractivity contribution in [3.8, 4) is 0 Å². The molecule has 3 nitrogen and oxygen atoms in total. The molecule has 0 aliphatic heterocycles. The Morgan fingerprint density at radius 2 is 2.00 bits per heavy atom. The number of nitrogens with one attached hydrogen (secondary N) is 1. The summed E-state index contributed by atoms with van der Waals surface area (Å²) in [4.78, 5) is 8.05. The zero-order valence-corrected chi connectivity index (χ0v) is 5.55. The van der Waals surface area contributed by atoms with E-state index in [1.54, 1.807) is 12.4 Å². The van der Waals surface area contributed by atoms with Gasteiger partial charge in [-0.15, -0.1) is 0 Å². The molecule has 0 aliphatic carbocycles. The normalized spacial score (nSPS) is 9.11. The van der Waals surface area contributed by atoms with E-state index in [4.69, 9.17) is 0 Å². The Hall–Kier alpha value is -1.12. The number of hydrogen-bond donors (Lipinski definition) is 1. The van der Waals surface area contributed by atoms with Gasteiger partial charge in [0.2, 0.25) is 0 Å². The molecule has 0 bridgehead atoms. The van der Waals surface area contributed by atoms with Crippen LogP contribution < -0.4 is 5.32 Å². The van der Waals surface area contributed by atoms with Gasteiger partial charge in [-0.3, -0.25) is 4.98 Å². The first-order valence-corrected chi connectivity index (χ1v) is 2.80. The van der Waals surface area contributed by atoms with E-state index >= 15 is 0 Å². The summed E-state index contributed by atoms with van der Waals surface area (Å²) in [5.41, 5.74) is 0.931. The van der Waals surface area contributed by atoms with Gasteiger partial charge >= 0.3 is 0 Å². The van der Waals surface area contributed by atoms with Crippen molar-refractivity contribution in [1.29, 1.82) is 0 Å². The smallest absolute Gasteiger partial charge is 0.147 e. The lowest BCUT2D eigenvalue weighted by Gasteiger charge is -1.98. The molecular formula is C6H9N3. The van der Waals surface area contributed by atoms with Crippen LogP contribution in [0, 0.1) is 6.92 Å². The van der Waals surface area contributed by atoms with E-state index in [0.29, 0.717) is 0 Å². The third-order valence-electron chi connectivity index (χ3n) is 1.12. The molecular weight excluding hydrogens is 114 g/mol. The molecule has 1 rings (SSSR count). The molecule has 1 heterocycles. The molecule has 0 saturated carbocycles. The summed E-state index contributed by atoms with van der Waals surface area (Å²) in [5, 5.41) is 2.92. The second-order valence-corrected chi connectivity index (χ2v) is 1.74. The molecule has 9 heavy (non-hydrogen) atoms. The van der Waals surface area contributed by atoms with Crippen LogP contribution >= 0.6 is 0 Å². The first-order valence-electron chi connectivity index (χ1n) is 2.80. The van der Waals surface area contributed by atoms with Crippen LogP contribution in [0.4, 0.5) is 5.82 Å². The standard InChI is InChI=1S/C6H9N3/c1-5-6(7-2)9-4-3-8-5/h3-4H,1-2H3,(H,7,9). The highest BCUT2D eigenvalue weighted by Gasteiger charge is 1.92. The minimum atomic E-state index is 0.845. The monoisotopic (exact) mass is 123 g/mol. The third kappa shape index (κ3) is 1.16. The highest BCUT2D eigenvalue weighted by atomic mass is 15.0. The van der Waals surface area contributed by atoms with Crippen molar-refractivity contribution in [2.24, 2.45) is 0 Å². The Morgan fingerprint density at radius 1 is 1.33 bits per heavy atom. The Balaban J connectivity index is 3.01. The Kier molecular flexibility index (Phi) is 1.63. The molecule has 0 unspecified atom stereocenters. The SMILES string of the molecule is CNc1nccnc1C. The van der Waals surface area contributed by atoms with Crippen LogP contribution in [0.25, 0.3) is 0 Å². The second-order valence-electron chi connectivity index (χ2n) is 1.74. The fourth-order valence-corrected chi connectivity index (χ4v) is 0.653. The maximum atomic E-state index is 4.02. The van der Waals surface area contributed by atoms with Gasteiger partial charge < -0.3 is 5.32 Å². The number of hydrogen-bond acceptors (Lipinski definition) is 3. The molecule has 1 N–H and O–H groups in total. The zero-order chi connectivity index (χ0) is 6.69. The molecule has 1 aromatic heterocycles. The van der Waals surface area contributed by atoms with Gasteiger partial charge in [-0.2, -0.15) is 0 Å². The molecule has 0 amide bonds. The summed E-state index contributed by atoms with van der Waals surface area (Å²) < 4.78 is 0. The van der Waals surface area contributed by atoms with Crippen molar-refractivity contribution >= 4 is 5.82 Å². The molecule has 0 saturated heterocycles. The molecule has 0 fully saturated rings. The van der Waals surface area contributed by atoms with Gasteiger partial charge in [0, 0.05) is 19.4 Å². The highest BCUT2D eigenvalue weighted by Crippen LogP contribution is 2.02. The van der Waals surface area contributed by atoms with E-state index in [1.807, 2.05) is 14.0 Å². The van der Waals surface area contributed by atoms with Crippen LogP contribution in [-0.2, 0) is 0 Å². The largest absolute Gasteiger partial charge is 0.372 e. The topological polar surface area (TPSA) is 37.8 Å². The van der Waals surface area contributed by atoms with Crippen molar-refractivity contribution in [2.45, 2.75) is 6.92 Å². The molecule has 3 heteroatoms. The maximum absolute atomic E-state index is 4.02. The molecule has 0 radical (unpaired) electrons. The van der Waals surface area contributed by atoms with Crippen LogP contribution in [-0.4, -0.2) is 17.0 Å². The van der Waals surface area contributed by atoms with Crippen molar-refractivity contribution in [3.05, 3.63) is 18.1 Å². The van der Waals surface area contributed by atoms with Gasteiger partial charge in [0.15, 0.2) is 0 Å². The summed E-state index contributed by atoms with van der Waals surface area (Å²) in [6.45, 7) is 1.92. The first kappa shape index (κ1) is 6.01. The van der Waals surface area contributed by atoms with Gasteiger partial charge in [-0.05, 0) is 6.92 Å². The fraction of sp³-hybridized carbons (Fsp3) is 0.333. The molecule has 0 atom stereocenters. The molecule has 0 aliphatic rings. The molecule has 0 spiro atoms. The number of aryl methyl sites for hydroxylation is 1. The number of aromatic nitrogens is 2. The van der Waals surface area contributed by atoms with Crippen LogP contribution in [0.5, 0.6) is 0 Å². The lowest BCUT2D eigenvalue weighted by atomic mass is 10.4. The van der Waals surface area contributed by atoms with Crippen molar-refractivity contribution in [1.82, 2.24) is 9.97 Å². The minimum absolute atomic E-state index is 0.845. The Bertz CT molecular complexity index is 197. The van der Waals surface area contributed by atoms with E-state index < -0.39 is 0 Å².